The van der Waals surface area contributed by atoms with Gasteiger partial charge in [-0.05, 0) is 57.5 Å². The van der Waals surface area contributed by atoms with Gasteiger partial charge in [0.2, 0.25) is 0 Å². The third kappa shape index (κ3) is 4.37. The van der Waals surface area contributed by atoms with Crippen molar-refractivity contribution in [3.05, 3.63) is 54.0 Å². The molecule has 29 heavy (non-hydrogen) atoms. The zero-order chi connectivity index (χ0) is 20.2. The summed E-state index contributed by atoms with van der Waals surface area (Å²) in [7, 11) is 1.64. The lowest BCUT2D eigenvalue weighted by molar-refractivity contribution is 0.137. The largest absolute Gasteiger partial charge is 0.493 e. The summed E-state index contributed by atoms with van der Waals surface area (Å²) in [5.74, 6) is 1.43. The van der Waals surface area contributed by atoms with E-state index in [2.05, 4.69) is 23.0 Å². The Bertz CT molecular complexity index is 950. The average Bonchev–Trinajstić information content (AvgIpc) is 3.17. The minimum atomic E-state index is -0.295. The highest BCUT2D eigenvalue weighted by Gasteiger charge is 2.27. The number of piperidine rings is 1. The number of methoxy groups -OCH3 is 1. The number of benzene rings is 2. The number of fused-ring (bicyclic) bond motifs is 1. The number of para-hydroxylation sites is 1. The molecule has 0 N–H and O–H groups in total. The van der Waals surface area contributed by atoms with Gasteiger partial charge in [0.15, 0.2) is 17.1 Å². The first kappa shape index (κ1) is 19.7. The van der Waals surface area contributed by atoms with Crippen LogP contribution in [0, 0.1) is 11.9 Å². The van der Waals surface area contributed by atoms with Gasteiger partial charge in [-0.1, -0.05) is 17.3 Å². The molecule has 1 atom stereocenters. The van der Waals surface area contributed by atoms with Crippen LogP contribution in [0.4, 0.5) is 4.39 Å². The van der Waals surface area contributed by atoms with Gasteiger partial charge in [0.1, 0.15) is 5.82 Å². The summed E-state index contributed by atoms with van der Waals surface area (Å²) in [6.07, 6.45) is 2.97. The van der Waals surface area contributed by atoms with Gasteiger partial charge in [0.25, 0.3) is 0 Å². The molecular weight excluding hydrogens is 371 g/mol. The standard InChI is InChI=1S/C23H26FN2O3/c1-16(11-14-28-21-6-4-3-5-20(21)27-2)26-12-9-17(10-13-26)23-19-8-7-18(24)15-22(19)29-25-23/h3-5,7-8,15-17H,9-14H2,1-2H3. The molecule has 4 rings (SSSR count). The van der Waals surface area contributed by atoms with Crippen LogP contribution >= 0.6 is 0 Å². The van der Waals surface area contributed by atoms with Crippen LogP contribution in [0.25, 0.3) is 11.0 Å². The van der Waals surface area contributed by atoms with E-state index in [1.165, 1.54) is 12.1 Å². The smallest absolute Gasteiger partial charge is 0.170 e. The van der Waals surface area contributed by atoms with E-state index in [-0.39, 0.29) is 5.82 Å². The van der Waals surface area contributed by atoms with Crippen molar-refractivity contribution in [2.75, 3.05) is 26.8 Å². The molecule has 1 aliphatic heterocycles. The van der Waals surface area contributed by atoms with Gasteiger partial charge in [-0.15, -0.1) is 0 Å². The van der Waals surface area contributed by atoms with Gasteiger partial charge in [-0.3, -0.25) is 0 Å². The van der Waals surface area contributed by atoms with Crippen LogP contribution in [-0.4, -0.2) is 42.9 Å². The van der Waals surface area contributed by atoms with Crippen molar-refractivity contribution >= 4 is 11.0 Å². The number of rotatable bonds is 7. The molecule has 0 saturated carbocycles. The minimum absolute atomic E-state index is 0.295. The van der Waals surface area contributed by atoms with Crippen molar-refractivity contribution in [1.29, 1.82) is 0 Å². The third-order valence-electron chi connectivity index (χ3n) is 5.79. The van der Waals surface area contributed by atoms with Crippen LogP contribution in [0.5, 0.6) is 11.5 Å². The molecule has 1 saturated heterocycles. The van der Waals surface area contributed by atoms with E-state index in [0.29, 0.717) is 35.6 Å². The summed E-state index contributed by atoms with van der Waals surface area (Å²) in [5, 5.41) is 5.16. The second kappa shape index (κ2) is 8.82. The van der Waals surface area contributed by atoms with Gasteiger partial charge < -0.3 is 18.9 Å². The predicted octanol–water partition coefficient (Wildman–Crippen LogP) is 4.81. The van der Waals surface area contributed by atoms with Crippen LogP contribution in [-0.2, 0) is 0 Å². The van der Waals surface area contributed by atoms with E-state index in [1.54, 1.807) is 13.2 Å². The van der Waals surface area contributed by atoms with Crippen LogP contribution in [0.3, 0.4) is 0 Å². The van der Waals surface area contributed by atoms with Crippen LogP contribution in [0.1, 0.15) is 37.8 Å². The molecule has 1 aromatic heterocycles. The maximum Gasteiger partial charge on any atom is 0.170 e. The van der Waals surface area contributed by atoms with E-state index in [0.717, 1.165) is 43.4 Å². The molecule has 0 aliphatic carbocycles. The van der Waals surface area contributed by atoms with Gasteiger partial charge in [-0.2, -0.15) is 0 Å². The Hall–Kier alpha value is -2.60. The number of ether oxygens (including phenoxy) is 2. The van der Waals surface area contributed by atoms with Crippen LogP contribution in [0.2, 0.25) is 0 Å². The number of aromatic nitrogens is 1. The Morgan fingerprint density at radius 3 is 2.93 bits per heavy atom. The van der Waals surface area contributed by atoms with Crippen LogP contribution in [0.15, 0.2) is 40.9 Å². The molecule has 6 heteroatoms. The first-order valence-corrected chi connectivity index (χ1v) is 10.1. The summed E-state index contributed by atoms with van der Waals surface area (Å²) >= 11 is 0. The second-order valence-electron chi connectivity index (χ2n) is 7.57. The highest BCUT2D eigenvalue weighted by atomic mass is 19.1. The normalized spacial score (nSPS) is 16.8. The molecule has 3 aromatic rings. The zero-order valence-electron chi connectivity index (χ0n) is 16.9. The number of likely N-dealkylation sites (tertiary alicyclic amines) is 1. The van der Waals surface area contributed by atoms with Crippen molar-refractivity contribution in [3.63, 3.8) is 0 Å². The molecule has 0 amide bonds. The van der Waals surface area contributed by atoms with E-state index >= 15 is 0 Å². The number of hydrogen-bond acceptors (Lipinski definition) is 5. The fraction of sp³-hybridized carbons (Fsp3) is 0.435. The molecule has 1 aliphatic rings. The van der Waals surface area contributed by atoms with E-state index in [9.17, 15) is 4.39 Å². The fourth-order valence-electron chi connectivity index (χ4n) is 4.03. The molecule has 1 unspecified atom stereocenters. The fourth-order valence-corrected chi connectivity index (χ4v) is 4.03. The van der Waals surface area contributed by atoms with Gasteiger partial charge in [0.05, 0.1) is 19.4 Å². The predicted molar refractivity (Wildman–Crippen MR) is 109 cm³/mol. The van der Waals surface area contributed by atoms with Gasteiger partial charge in [-0.25, -0.2) is 4.39 Å². The van der Waals surface area contributed by atoms with Crippen molar-refractivity contribution < 1.29 is 18.4 Å². The summed E-state index contributed by atoms with van der Waals surface area (Å²) in [6, 6.07) is 13.7. The van der Waals surface area contributed by atoms with Gasteiger partial charge >= 0.3 is 0 Å². The van der Waals surface area contributed by atoms with E-state index < -0.39 is 0 Å². The SMILES string of the molecule is COc1ccc[c]c1OCCC(C)N1CCC(c2noc3cc(F)ccc23)CC1. The highest BCUT2D eigenvalue weighted by molar-refractivity contribution is 5.79. The maximum atomic E-state index is 13.4. The monoisotopic (exact) mass is 397 g/mol. The Balaban J connectivity index is 1.28. The first-order valence-electron chi connectivity index (χ1n) is 10.1. The molecule has 0 bridgehead atoms. The Morgan fingerprint density at radius 2 is 2.14 bits per heavy atom. The number of hydrogen-bond donors (Lipinski definition) is 0. The van der Waals surface area contributed by atoms with Crippen molar-refractivity contribution in [2.24, 2.45) is 0 Å². The summed E-state index contributed by atoms with van der Waals surface area (Å²) in [5.41, 5.74) is 1.49. The summed E-state index contributed by atoms with van der Waals surface area (Å²) in [4.78, 5) is 2.49. The highest BCUT2D eigenvalue weighted by Crippen LogP contribution is 2.33. The quantitative estimate of drug-likeness (QED) is 0.572. The summed E-state index contributed by atoms with van der Waals surface area (Å²) in [6.45, 7) is 4.87. The molecule has 0 spiro atoms. The molecule has 1 radical (unpaired) electrons. The maximum absolute atomic E-state index is 13.4. The lowest BCUT2D eigenvalue weighted by Crippen LogP contribution is -2.40. The lowest BCUT2D eigenvalue weighted by Gasteiger charge is -2.35. The first-order chi connectivity index (χ1) is 14.2. The summed E-state index contributed by atoms with van der Waals surface area (Å²) < 4.78 is 29.9. The Labute approximate surface area is 170 Å². The third-order valence-corrected chi connectivity index (χ3v) is 5.79. The molecular formula is C23H26FN2O3. The van der Waals surface area contributed by atoms with Crippen LogP contribution < -0.4 is 9.47 Å². The Kier molecular flexibility index (Phi) is 6.00. The van der Waals surface area contributed by atoms with Crippen molar-refractivity contribution in [1.82, 2.24) is 10.1 Å². The second-order valence-corrected chi connectivity index (χ2v) is 7.57. The molecule has 2 aromatic carbocycles. The lowest BCUT2D eigenvalue weighted by atomic mass is 9.91. The topological polar surface area (TPSA) is 47.7 Å². The molecule has 2 heterocycles. The molecule has 5 nitrogen and oxygen atoms in total. The zero-order valence-corrected chi connectivity index (χ0v) is 16.9. The minimum Gasteiger partial charge on any atom is -0.493 e. The van der Waals surface area contributed by atoms with E-state index in [1.807, 2.05) is 18.2 Å². The van der Waals surface area contributed by atoms with Crippen molar-refractivity contribution in [2.45, 2.75) is 38.1 Å². The Morgan fingerprint density at radius 1 is 1.31 bits per heavy atom. The van der Waals surface area contributed by atoms with E-state index in [4.69, 9.17) is 14.0 Å². The molecule has 1 fully saturated rings. The average molecular weight is 397 g/mol. The number of halogens is 1. The number of nitrogens with zero attached hydrogens (tertiary/aromatic N) is 2. The molecule has 153 valence electrons. The van der Waals surface area contributed by atoms with Gasteiger partial charge in [0, 0.05) is 29.5 Å². The van der Waals surface area contributed by atoms with Crippen molar-refractivity contribution in [3.8, 4) is 11.5 Å².